The first kappa shape index (κ1) is 17.8. The molecule has 0 bridgehead atoms. The van der Waals surface area contributed by atoms with E-state index in [2.05, 4.69) is 15.5 Å². The summed E-state index contributed by atoms with van der Waals surface area (Å²) in [6, 6.07) is 10.9. The average molecular weight is 387 g/mol. The first-order chi connectivity index (χ1) is 13.2. The number of carbonyl (C=O) groups excluding carboxylic acids is 1. The number of hydrogen-bond acceptors (Lipinski definition) is 5. The molecule has 0 saturated carbocycles. The number of ether oxygens (including phenoxy) is 1. The molecule has 0 aliphatic carbocycles. The second kappa shape index (κ2) is 7.94. The summed E-state index contributed by atoms with van der Waals surface area (Å²) in [7, 11) is 0. The molecule has 4 rings (SSSR count). The molecular weight excluding hydrogens is 368 g/mol. The molecule has 7 nitrogen and oxygen atoms in total. The van der Waals surface area contributed by atoms with Crippen LogP contribution in [0.5, 0.6) is 0 Å². The van der Waals surface area contributed by atoms with E-state index in [-0.39, 0.29) is 18.6 Å². The van der Waals surface area contributed by atoms with Crippen LogP contribution in [0.25, 0.3) is 23.0 Å². The predicted octanol–water partition coefficient (Wildman–Crippen LogP) is 3.15. The van der Waals surface area contributed by atoms with Gasteiger partial charge in [-0.1, -0.05) is 28.9 Å². The van der Waals surface area contributed by atoms with E-state index in [4.69, 9.17) is 20.9 Å². The van der Waals surface area contributed by atoms with Crippen molar-refractivity contribution in [1.29, 1.82) is 0 Å². The highest BCUT2D eigenvalue weighted by Gasteiger charge is 2.18. The number of benzene rings is 1. The molecule has 0 radical (unpaired) electrons. The number of nitrogens with one attached hydrogen (secondary N) is 1. The molecule has 0 unspecified atom stereocenters. The van der Waals surface area contributed by atoms with Crippen molar-refractivity contribution in [2.75, 3.05) is 13.2 Å². The van der Waals surface area contributed by atoms with Gasteiger partial charge in [-0.2, -0.15) is 4.98 Å². The molecule has 2 aromatic heterocycles. The fourth-order valence-electron chi connectivity index (χ4n) is 3.06. The quantitative estimate of drug-likeness (QED) is 0.703. The lowest BCUT2D eigenvalue weighted by Gasteiger charge is -2.11. The van der Waals surface area contributed by atoms with Crippen molar-refractivity contribution in [3.63, 3.8) is 0 Å². The van der Waals surface area contributed by atoms with Crippen LogP contribution < -0.4 is 5.32 Å². The summed E-state index contributed by atoms with van der Waals surface area (Å²) >= 11 is 6.02. The van der Waals surface area contributed by atoms with Gasteiger partial charge in [0.05, 0.1) is 6.10 Å². The minimum atomic E-state index is -0.0856. The van der Waals surface area contributed by atoms with E-state index in [1.54, 1.807) is 16.7 Å². The van der Waals surface area contributed by atoms with Gasteiger partial charge < -0.3 is 19.1 Å². The van der Waals surface area contributed by atoms with Crippen molar-refractivity contribution >= 4 is 17.5 Å². The van der Waals surface area contributed by atoms with E-state index >= 15 is 0 Å². The van der Waals surface area contributed by atoms with Crippen LogP contribution in [-0.2, 0) is 16.1 Å². The van der Waals surface area contributed by atoms with Crippen LogP contribution in [0.4, 0.5) is 0 Å². The van der Waals surface area contributed by atoms with Gasteiger partial charge in [0.25, 0.3) is 5.89 Å². The standard InChI is InChI=1S/C19H19ClN4O3/c20-14-5-1-4-13(10-14)18-22-19(27-23-18)16-7-2-8-24(16)12-17(25)21-11-15-6-3-9-26-15/h1-2,4-5,7-8,10,15H,3,6,9,11-12H2,(H,21,25)/t15-/m0/s1. The zero-order valence-electron chi connectivity index (χ0n) is 14.6. The fraction of sp³-hybridized carbons (Fsp3) is 0.316. The van der Waals surface area contributed by atoms with Gasteiger partial charge in [-0.25, -0.2) is 0 Å². The Morgan fingerprint density at radius 2 is 2.26 bits per heavy atom. The minimum Gasteiger partial charge on any atom is -0.376 e. The third kappa shape index (κ3) is 4.20. The van der Waals surface area contributed by atoms with Crippen LogP contribution in [0, 0.1) is 0 Å². The summed E-state index contributed by atoms with van der Waals surface area (Å²) in [5.41, 5.74) is 1.45. The number of hydrogen-bond donors (Lipinski definition) is 1. The minimum absolute atomic E-state index is 0.0856. The van der Waals surface area contributed by atoms with Crippen LogP contribution in [0.2, 0.25) is 5.02 Å². The van der Waals surface area contributed by atoms with E-state index < -0.39 is 0 Å². The Balaban J connectivity index is 1.45. The molecule has 1 fully saturated rings. The van der Waals surface area contributed by atoms with E-state index in [1.807, 2.05) is 30.5 Å². The Morgan fingerprint density at radius 3 is 3.07 bits per heavy atom. The van der Waals surface area contributed by atoms with E-state index in [9.17, 15) is 4.79 Å². The van der Waals surface area contributed by atoms with Crippen molar-refractivity contribution in [3.8, 4) is 23.0 Å². The maximum atomic E-state index is 12.2. The molecule has 27 heavy (non-hydrogen) atoms. The van der Waals surface area contributed by atoms with Gasteiger partial charge in [-0.15, -0.1) is 0 Å². The molecular formula is C19H19ClN4O3. The van der Waals surface area contributed by atoms with Gasteiger partial charge in [0.1, 0.15) is 12.2 Å². The third-order valence-corrected chi connectivity index (χ3v) is 4.66. The Morgan fingerprint density at radius 1 is 1.33 bits per heavy atom. The lowest BCUT2D eigenvalue weighted by molar-refractivity contribution is -0.122. The highest BCUT2D eigenvalue weighted by atomic mass is 35.5. The zero-order valence-corrected chi connectivity index (χ0v) is 15.4. The van der Waals surface area contributed by atoms with E-state index in [1.165, 1.54) is 0 Å². The van der Waals surface area contributed by atoms with Gasteiger partial charge in [0.15, 0.2) is 0 Å². The second-order valence-corrected chi connectivity index (χ2v) is 6.83. The van der Waals surface area contributed by atoms with Crippen LogP contribution in [0.1, 0.15) is 12.8 Å². The maximum Gasteiger partial charge on any atom is 0.274 e. The van der Waals surface area contributed by atoms with Crippen molar-refractivity contribution < 1.29 is 14.1 Å². The molecule has 1 aliphatic rings. The van der Waals surface area contributed by atoms with Gasteiger partial charge in [-0.3, -0.25) is 4.79 Å². The van der Waals surface area contributed by atoms with Crippen molar-refractivity contribution in [2.45, 2.75) is 25.5 Å². The Kier molecular flexibility index (Phi) is 5.22. The highest BCUT2D eigenvalue weighted by molar-refractivity contribution is 6.30. The highest BCUT2D eigenvalue weighted by Crippen LogP contribution is 2.24. The summed E-state index contributed by atoms with van der Waals surface area (Å²) in [6.07, 6.45) is 3.97. The molecule has 1 amide bonds. The zero-order chi connectivity index (χ0) is 18.6. The Labute approximate surface area is 161 Å². The van der Waals surface area contributed by atoms with E-state index in [0.29, 0.717) is 29.0 Å². The van der Waals surface area contributed by atoms with Gasteiger partial charge in [-0.05, 0) is 37.1 Å². The largest absolute Gasteiger partial charge is 0.376 e. The van der Waals surface area contributed by atoms with Crippen LogP contribution in [0.15, 0.2) is 47.1 Å². The Hall–Kier alpha value is -2.64. The summed E-state index contributed by atoms with van der Waals surface area (Å²) in [5.74, 6) is 0.711. The first-order valence-electron chi connectivity index (χ1n) is 8.82. The second-order valence-electron chi connectivity index (χ2n) is 6.39. The molecule has 0 spiro atoms. The molecule has 1 saturated heterocycles. The third-order valence-electron chi connectivity index (χ3n) is 4.42. The van der Waals surface area contributed by atoms with E-state index in [0.717, 1.165) is 25.0 Å². The molecule has 1 aromatic carbocycles. The topological polar surface area (TPSA) is 82.2 Å². The number of amides is 1. The molecule has 1 aliphatic heterocycles. The summed E-state index contributed by atoms with van der Waals surface area (Å²) in [4.78, 5) is 16.7. The SMILES string of the molecule is O=C(Cn1cccc1-c1nc(-c2cccc(Cl)c2)no1)NC[C@@H]1CCCO1. The number of nitrogens with zero attached hydrogens (tertiary/aromatic N) is 3. The first-order valence-corrected chi connectivity index (χ1v) is 9.20. The summed E-state index contributed by atoms with van der Waals surface area (Å²) < 4.78 is 12.7. The number of halogens is 1. The van der Waals surface area contributed by atoms with Gasteiger partial charge >= 0.3 is 0 Å². The summed E-state index contributed by atoms with van der Waals surface area (Å²) in [6.45, 7) is 1.48. The number of aromatic nitrogens is 3. The smallest absolute Gasteiger partial charge is 0.274 e. The number of carbonyl (C=O) groups is 1. The van der Waals surface area contributed by atoms with Crippen LogP contribution in [-0.4, -0.2) is 39.9 Å². The van der Waals surface area contributed by atoms with Crippen LogP contribution in [0.3, 0.4) is 0 Å². The Bertz CT molecular complexity index is 930. The lowest BCUT2D eigenvalue weighted by Crippen LogP contribution is -2.34. The number of rotatable bonds is 6. The maximum absolute atomic E-state index is 12.2. The van der Waals surface area contributed by atoms with Gasteiger partial charge in [0, 0.05) is 29.9 Å². The summed E-state index contributed by atoms with van der Waals surface area (Å²) in [5, 5.41) is 7.53. The molecule has 3 heterocycles. The molecule has 1 N–H and O–H groups in total. The van der Waals surface area contributed by atoms with Crippen molar-refractivity contribution in [2.24, 2.45) is 0 Å². The molecule has 1 atom stereocenters. The normalized spacial score (nSPS) is 16.6. The molecule has 140 valence electrons. The molecule has 8 heteroatoms. The van der Waals surface area contributed by atoms with Gasteiger partial charge in [0.2, 0.25) is 11.7 Å². The average Bonchev–Trinajstić information content (AvgIpc) is 3.41. The van der Waals surface area contributed by atoms with Crippen molar-refractivity contribution in [1.82, 2.24) is 20.0 Å². The predicted molar refractivity (Wildman–Crippen MR) is 100 cm³/mol. The molecule has 3 aromatic rings. The van der Waals surface area contributed by atoms with Crippen molar-refractivity contribution in [3.05, 3.63) is 47.6 Å². The fourth-order valence-corrected chi connectivity index (χ4v) is 3.25. The van der Waals surface area contributed by atoms with Crippen LogP contribution >= 0.6 is 11.6 Å². The monoisotopic (exact) mass is 386 g/mol. The lowest BCUT2D eigenvalue weighted by atomic mass is 10.2.